The average molecular weight is 271 g/mol. The molecule has 0 N–H and O–H groups in total. The fourth-order valence-electron chi connectivity index (χ4n) is 1.84. The molecule has 2 aromatic carbocycles. The van der Waals surface area contributed by atoms with Crippen LogP contribution in [0.3, 0.4) is 0 Å². The van der Waals surface area contributed by atoms with Crippen LogP contribution in [0.4, 0.5) is 4.39 Å². The lowest BCUT2D eigenvalue weighted by atomic mass is 10.1. The molecule has 0 saturated heterocycles. The minimum absolute atomic E-state index is 0.240. The molecule has 0 saturated carbocycles. The van der Waals surface area contributed by atoms with Crippen molar-refractivity contribution in [2.75, 3.05) is 0 Å². The molecule has 96 valence electrons. The van der Waals surface area contributed by atoms with Crippen molar-refractivity contribution >= 4 is 11.8 Å². The molecule has 0 spiro atoms. The number of halogens is 1. The van der Waals surface area contributed by atoms with E-state index in [1.165, 1.54) is 23.3 Å². The second-order valence-corrected chi connectivity index (χ2v) is 5.39. The summed E-state index contributed by atoms with van der Waals surface area (Å²) in [5, 5.41) is 8.81. The van der Waals surface area contributed by atoms with E-state index < -0.39 is 0 Å². The second-order valence-electron chi connectivity index (χ2n) is 4.40. The van der Waals surface area contributed by atoms with Gasteiger partial charge in [-0.25, -0.2) is 4.39 Å². The predicted molar refractivity (Wildman–Crippen MR) is 77.3 cm³/mol. The Labute approximate surface area is 117 Å². The minimum Gasteiger partial charge on any atom is -0.207 e. The van der Waals surface area contributed by atoms with Crippen molar-refractivity contribution in [1.29, 1.82) is 5.26 Å². The number of aryl methyl sites for hydroxylation is 1. The summed E-state index contributed by atoms with van der Waals surface area (Å²) in [5.74, 6) is 1.18. The van der Waals surface area contributed by atoms with Gasteiger partial charge in [0.2, 0.25) is 0 Å². The SMILES string of the molecule is Cc1cccc(CSCc2cc(C#N)ccc2F)c1. The van der Waals surface area contributed by atoms with E-state index in [2.05, 4.69) is 25.1 Å². The molecule has 1 nitrogen and oxygen atoms in total. The number of thioether (sulfide) groups is 1. The summed E-state index contributed by atoms with van der Waals surface area (Å²) < 4.78 is 13.6. The van der Waals surface area contributed by atoms with Gasteiger partial charge in [0.25, 0.3) is 0 Å². The number of hydrogen-bond donors (Lipinski definition) is 0. The zero-order chi connectivity index (χ0) is 13.7. The van der Waals surface area contributed by atoms with E-state index in [1.54, 1.807) is 17.8 Å². The van der Waals surface area contributed by atoms with Crippen molar-refractivity contribution in [2.45, 2.75) is 18.4 Å². The van der Waals surface area contributed by atoms with E-state index in [9.17, 15) is 4.39 Å². The highest BCUT2D eigenvalue weighted by molar-refractivity contribution is 7.97. The van der Waals surface area contributed by atoms with E-state index in [0.29, 0.717) is 16.9 Å². The Hall–Kier alpha value is -1.79. The molecule has 0 heterocycles. The Kier molecular flexibility index (Phi) is 4.59. The van der Waals surface area contributed by atoms with E-state index >= 15 is 0 Å². The molecule has 2 rings (SSSR count). The average Bonchev–Trinajstić information content (AvgIpc) is 2.41. The van der Waals surface area contributed by atoms with Crippen LogP contribution >= 0.6 is 11.8 Å². The lowest BCUT2D eigenvalue weighted by molar-refractivity contribution is 0.617. The smallest absolute Gasteiger partial charge is 0.127 e. The molecule has 0 aliphatic carbocycles. The Morgan fingerprint density at radius 3 is 2.74 bits per heavy atom. The maximum atomic E-state index is 13.6. The van der Waals surface area contributed by atoms with Crippen LogP contribution in [0.25, 0.3) is 0 Å². The first-order chi connectivity index (χ1) is 9.19. The Morgan fingerprint density at radius 1 is 1.16 bits per heavy atom. The van der Waals surface area contributed by atoms with Crippen LogP contribution in [0, 0.1) is 24.1 Å². The van der Waals surface area contributed by atoms with Gasteiger partial charge in [-0.05, 0) is 36.2 Å². The zero-order valence-electron chi connectivity index (χ0n) is 10.7. The highest BCUT2D eigenvalue weighted by Gasteiger charge is 2.04. The molecule has 2 aromatic rings. The van der Waals surface area contributed by atoms with Gasteiger partial charge in [-0.2, -0.15) is 17.0 Å². The summed E-state index contributed by atoms with van der Waals surface area (Å²) in [6.07, 6.45) is 0. The van der Waals surface area contributed by atoms with Crippen LogP contribution in [0.5, 0.6) is 0 Å². The first-order valence-corrected chi connectivity index (χ1v) is 7.16. The minimum atomic E-state index is -0.240. The highest BCUT2D eigenvalue weighted by Crippen LogP contribution is 2.21. The fraction of sp³-hybridized carbons (Fsp3) is 0.188. The molecule has 19 heavy (non-hydrogen) atoms. The summed E-state index contributed by atoms with van der Waals surface area (Å²) in [5.41, 5.74) is 3.57. The Bertz CT molecular complexity index is 616. The van der Waals surface area contributed by atoms with Crippen LogP contribution < -0.4 is 0 Å². The van der Waals surface area contributed by atoms with Crippen LogP contribution in [0.2, 0.25) is 0 Å². The molecule has 0 amide bonds. The van der Waals surface area contributed by atoms with Gasteiger partial charge in [0.15, 0.2) is 0 Å². The van der Waals surface area contributed by atoms with Crippen LogP contribution in [0.15, 0.2) is 42.5 Å². The quantitative estimate of drug-likeness (QED) is 0.821. The Balaban J connectivity index is 1.98. The number of benzene rings is 2. The lowest BCUT2D eigenvalue weighted by Gasteiger charge is -2.05. The largest absolute Gasteiger partial charge is 0.207 e. The number of rotatable bonds is 4. The summed E-state index contributed by atoms with van der Waals surface area (Å²) in [6.45, 7) is 2.06. The Morgan fingerprint density at radius 2 is 2.00 bits per heavy atom. The fourth-order valence-corrected chi connectivity index (χ4v) is 2.79. The van der Waals surface area contributed by atoms with Crippen LogP contribution in [-0.2, 0) is 11.5 Å². The molecule has 0 atom stereocenters. The number of nitrogens with zero attached hydrogens (tertiary/aromatic N) is 1. The van der Waals surface area contributed by atoms with Crippen molar-refractivity contribution in [1.82, 2.24) is 0 Å². The van der Waals surface area contributed by atoms with E-state index in [1.807, 2.05) is 12.1 Å². The lowest BCUT2D eigenvalue weighted by Crippen LogP contribution is -1.90. The molecule has 0 aliphatic heterocycles. The highest BCUT2D eigenvalue weighted by atomic mass is 32.2. The molecule has 0 aliphatic rings. The molecule has 0 fully saturated rings. The summed E-state index contributed by atoms with van der Waals surface area (Å²) in [7, 11) is 0. The van der Waals surface area contributed by atoms with Gasteiger partial charge in [0, 0.05) is 11.5 Å². The third-order valence-corrected chi connectivity index (χ3v) is 3.84. The van der Waals surface area contributed by atoms with Crippen LogP contribution in [-0.4, -0.2) is 0 Å². The third kappa shape index (κ3) is 3.84. The van der Waals surface area contributed by atoms with Crippen molar-refractivity contribution in [3.05, 3.63) is 70.5 Å². The standard InChI is InChI=1S/C16H14FNS/c1-12-3-2-4-14(7-12)10-19-11-15-8-13(9-18)5-6-16(15)17/h2-8H,10-11H2,1H3. The van der Waals surface area contributed by atoms with Gasteiger partial charge in [-0.3, -0.25) is 0 Å². The van der Waals surface area contributed by atoms with E-state index in [4.69, 9.17) is 5.26 Å². The summed E-state index contributed by atoms with van der Waals surface area (Å²) in [6, 6.07) is 14.8. The molecule has 0 aromatic heterocycles. The molecule has 0 bridgehead atoms. The molecule has 0 radical (unpaired) electrons. The van der Waals surface area contributed by atoms with Gasteiger partial charge < -0.3 is 0 Å². The monoisotopic (exact) mass is 271 g/mol. The third-order valence-electron chi connectivity index (χ3n) is 2.78. The maximum absolute atomic E-state index is 13.6. The van der Waals surface area contributed by atoms with E-state index in [-0.39, 0.29) is 5.82 Å². The number of hydrogen-bond acceptors (Lipinski definition) is 2. The van der Waals surface area contributed by atoms with Gasteiger partial charge in [-0.15, -0.1) is 0 Å². The predicted octanol–water partition coefficient (Wildman–Crippen LogP) is 4.44. The van der Waals surface area contributed by atoms with E-state index in [0.717, 1.165) is 5.75 Å². The summed E-state index contributed by atoms with van der Waals surface area (Å²) in [4.78, 5) is 0. The van der Waals surface area contributed by atoms with Gasteiger partial charge in [-0.1, -0.05) is 29.8 Å². The maximum Gasteiger partial charge on any atom is 0.127 e. The summed E-state index contributed by atoms with van der Waals surface area (Å²) >= 11 is 1.65. The van der Waals surface area contributed by atoms with Crippen molar-refractivity contribution in [3.63, 3.8) is 0 Å². The number of nitriles is 1. The van der Waals surface area contributed by atoms with Crippen molar-refractivity contribution < 1.29 is 4.39 Å². The van der Waals surface area contributed by atoms with Gasteiger partial charge in [0.1, 0.15) is 5.82 Å². The van der Waals surface area contributed by atoms with Gasteiger partial charge >= 0.3 is 0 Å². The second kappa shape index (κ2) is 6.40. The first kappa shape index (κ1) is 13.6. The molecular formula is C16H14FNS. The normalized spacial score (nSPS) is 10.2. The molecule has 0 unspecified atom stereocenters. The topological polar surface area (TPSA) is 23.8 Å². The van der Waals surface area contributed by atoms with Crippen molar-refractivity contribution in [2.24, 2.45) is 0 Å². The molecular weight excluding hydrogens is 257 g/mol. The van der Waals surface area contributed by atoms with Crippen LogP contribution in [0.1, 0.15) is 22.3 Å². The zero-order valence-corrected chi connectivity index (χ0v) is 11.5. The first-order valence-electron chi connectivity index (χ1n) is 6.01. The molecule has 3 heteroatoms. The van der Waals surface area contributed by atoms with Gasteiger partial charge in [0.05, 0.1) is 11.6 Å². The van der Waals surface area contributed by atoms with Crippen molar-refractivity contribution in [3.8, 4) is 6.07 Å².